The molecular weight excluding hydrogens is 250 g/mol. The van der Waals surface area contributed by atoms with Gasteiger partial charge in [0.15, 0.2) is 0 Å². The summed E-state index contributed by atoms with van der Waals surface area (Å²) in [6, 6.07) is 5.33. The lowest BCUT2D eigenvalue weighted by Gasteiger charge is -2.05. The smallest absolute Gasteiger partial charge is 0.270 e. The fraction of sp³-hybridized carbons (Fsp3) is 0.333. The van der Waals surface area contributed by atoms with Crippen molar-refractivity contribution in [3.05, 3.63) is 39.9 Å². The molecule has 0 bridgehead atoms. The van der Waals surface area contributed by atoms with Gasteiger partial charge >= 0.3 is 0 Å². The van der Waals surface area contributed by atoms with Gasteiger partial charge in [-0.25, -0.2) is 0 Å². The van der Waals surface area contributed by atoms with Crippen LogP contribution in [0.25, 0.3) is 0 Å². The average Bonchev–Trinajstić information content (AvgIpc) is 2.42. The van der Waals surface area contributed by atoms with Gasteiger partial charge in [0.1, 0.15) is 0 Å². The van der Waals surface area contributed by atoms with Gasteiger partial charge in [-0.15, -0.1) is 0 Å². The number of hydrogen-bond acceptors (Lipinski definition) is 4. The zero-order chi connectivity index (χ0) is 14.3. The molecule has 19 heavy (non-hydrogen) atoms. The first-order valence-corrected chi connectivity index (χ1v) is 5.84. The Morgan fingerprint density at radius 2 is 2.05 bits per heavy atom. The molecule has 7 heteroatoms. The van der Waals surface area contributed by atoms with E-state index in [4.69, 9.17) is 0 Å². The number of nitro groups is 1. The molecule has 102 valence electrons. The highest BCUT2D eigenvalue weighted by Crippen LogP contribution is 2.12. The number of carbonyl (C=O) groups excluding carboxylic acids is 2. The monoisotopic (exact) mass is 265 g/mol. The van der Waals surface area contributed by atoms with Crippen molar-refractivity contribution in [2.45, 2.75) is 13.3 Å². The molecule has 0 saturated carbocycles. The molecule has 7 nitrogen and oxygen atoms in total. The van der Waals surface area contributed by atoms with Gasteiger partial charge in [0.05, 0.1) is 11.5 Å². The van der Waals surface area contributed by atoms with E-state index in [0.717, 1.165) is 6.42 Å². The van der Waals surface area contributed by atoms with Crippen LogP contribution >= 0.6 is 0 Å². The predicted octanol–water partition coefficient (Wildman–Crippen LogP) is 0.851. The first-order valence-electron chi connectivity index (χ1n) is 5.84. The molecule has 0 heterocycles. The van der Waals surface area contributed by atoms with Crippen molar-refractivity contribution in [3.8, 4) is 0 Å². The Morgan fingerprint density at radius 1 is 1.32 bits per heavy atom. The first kappa shape index (κ1) is 14.6. The van der Waals surface area contributed by atoms with E-state index < -0.39 is 10.8 Å². The molecule has 1 aromatic rings. The molecule has 0 aliphatic rings. The van der Waals surface area contributed by atoms with Crippen molar-refractivity contribution in [2.75, 3.05) is 13.1 Å². The molecule has 0 aromatic heterocycles. The largest absolute Gasteiger partial charge is 0.355 e. The van der Waals surface area contributed by atoms with Crippen LogP contribution in [0.15, 0.2) is 24.3 Å². The maximum absolute atomic E-state index is 11.7. The second-order valence-electron chi connectivity index (χ2n) is 3.84. The lowest BCUT2D eigenvalue weighted by atomic mass is 10.2. The highest BCUT2D eigenvalue weighted by Gasteiger charge is 2.12. The van der Waals surface area contributed by atoms with Crippen LogP contribution in [0.2, 0.25) is 0 Å². The lowest BCUT2D eigenvalue weighted by molar-refractivity contribution is -0.384. The Kier molecular flexibility index (Phi) is 5.46. The van der Waals surface area contributed by atoms with Gasteiger partial charge in [-0.05, 0) is 12.5 Å². The number of benzene rings is 1. The van der Waals surface area contributed by atoms with Crippen molar-refractivity contribution < 1.29 is 14.5 Å². The second-order valence-corrected chi connectivity index (χ2v) is 3.84. The number of amides is 2. The van der Waals surface area contributed by atoms with Crippen LogP contribution in [0.1, 0.15) is 23.7 Å². The molecule has 0 saturated heterocycles. The van der Waals surface area contributed by atoms with Gasteiger partial charge in [0.2, 0.25) is 5.91 Å². The minimum absolute atomic E-state index is 0.150. The van der Waals surface area contributed by atoms with E-state index in [1.165, 1.54) is 24.3 Å². The quantitative estimate of drug-likeness (QED) is 0.588. The van der Waals surface area contributed by atoms with E-state index >= 15 is 0 Å². The summed E-state index contributed by atoms with van der Waals surface area (Å²) in [5.41, 5.74) is -0.0134. The minimum Gasteiger partial charge on any atom is -0.355 e. The molecule has 2 N–H and O–H groups in total. The summed E-state index contributed by atoms with van der Waals surface area (Å²) < 4.78 is 0. The topological polar surface area (TPSA) is 101 Å². The van der Waals surface area contributed by atoms with Crippen LogP contribution in [-0.2, 0) is 4.79 Å². The van der Waals surface area contributed by atoms with Crippen LogP contribution in [0.3, 0.4) is 0 Å². The van der Waals surface area contributed by atoms with Crippen molar-refractivity contribution >= 4 is 17.5 Å². The molecule has 0 atom stereocenters. The molecular formula is C12H15N3O4. The number of nitro benzene ring substituents is 1. The summed E-state index contributed by atoms with van der Waals surface area (Å²) in [4.78, 5) is 33.0. The van der Waals surface area contributed by atoms with Crippen molar-refractivity contribution in [3.63, 3.8) is 0 Å². The SMILES string of the molecule is CCCNC(=O)CNC(=O)c1cccc([N+](=O)[O-])c1. The molecule has 1 aromatic carbocycles. The molecule has 0 aliphatic carbocycles. The van der Waals surface area contributed by atoms with Gasteiger partial charge in [0, 0.05) is 24.2 Å². The van der Waals surface area contributed by atoms with Crippen LogP contribution in [-0.4, -0.2) is 29.8 Å². The Hall–Kier alpha value is -2.44. The molecule has 1 rings (SSSR count). The van der Waals surface area contributed by atoms with E-state index in [-0.39, 0.29) is 23.7 Å². The second kappa shape index (κ2) is 7.10. The number of nitrogens with one attached hydrogen (secondary N) is 2. The number of hydrogen-bond donors (Lipinski definition) is 2. The normalized spacial score (nSPS) is 9.74. The first-order chi connectivity index (χ1) is 9.04. The van der Waals surface area contributed by atoms with Gasteiger partial charge in [-0.2, -0.15) is 0 Å². The van der Waals surface area contributed by atoms with Crippen LogP contribution in [0.5, 0.6) is 0 Å². The average molecular weight is 265 g/mol. The van der Waals surface area contributed by atoms with E-state index in [1.54, 1.807) is 0 Å². The fourth-order valence-corrected chi connectivity index (χ4v) is 1.35. The van der Waals surface area contributed by atoms with Gasteiger partial charge in [-0.3, -0.25) is 19.7 Å². The summed E-state index contributed by atoms with van der Waals surface area (Å²) in [5, 5.41) is 15.6. The van der Waals surface area contributed by atoms with Gasteiger partial charge < -0.3 is 10.6 Å². The van der Waals surface area contributed by atoms with Gasteiger partial charge in [-0.1, -0.05) is 13.0 Å². The minimum atomic E-state index is -0.579. The summed E-state index contributed by atoms with van der Waals surface area (Å²) in [7, 11) is 0. The van der Waals surface area contributed by atoms with Crippen molar-refractivity contribution in [1.82, 2.24) is 10.6 Å². The Balaban J connectivity index is 2.56. The third kappa shape index (κ3) is 4.74. The van der Waals surface area contributed by atoms with Crippen LogP contribution in [0, 0.1) is 10.1 Å². The predicted molar refractivity (Wildman–Crippen MR) is 68.7 cm³/mol. The zero-order valence-electron chi connectivity index (χ0n) is 10.5. The molecule has 0 radical (unpaired) electrons. The molecule has 0 spiro atoms. The highest BCUT2D eigenvalue weighted by molar-refractivity contribution is 5.96. The summed E-state index contributed by atoms with van der Waals surface area (Å²) >= 11 is 0. The Morgan fingerprint density at radius 3 is 2.68 bits per heavy atom. The third-order valence-corrected chi connectivity index (χ3v) is 2.30. The molecule has 0 unspecified atom stereocenters. The fourth-order valence-electron chi connectivity index (χ4n) is 1.35. The molecule has 2 amide bonds. The van der Waals surface area contributed by atoms with Crippen LogP contribution in [0.4, 0.5) is 5.69 Å². The number of rotatable bonds is 6. The maximum atomic E-state index is 11.7. The number of nitrogens with zero attached hydrogens (tertiary/aromatic N) is 1. The summed E-state index contributed by atoms with van der Waals surface area (Å²) in [6.45, 7) is 2.31. The highest BCUT2D eigenvalue weighted by atomic mass is 16.6. The lowest BCUT2D eigenvalue weighted by Crippen LogP contribution is -2.37. The third-order valence-electron chi connectivity index (χ3n) is 2.30. The number of carbonyl (C=O) groups is 2. The van der Waals surface area contributed by atoms with E-state index in [1.807, 2.05) is 6.92 Å². The summed E-state index contributed by atoms with van der Waals surface area (Å²) in [5.74, 6) is -0.809. The molecule has 0 fully saturated rings. The van der Waals surface area contributed by atoms with E-state index in [2.05, 4.69) is 10.6 Å². The van der Waals surface area contributed by atoms with Crippen molar-refractivity contribution in [1.29, 1.82) is 0 Å². The van der Waals surface area contributed by atoms with E-state index in [0.29, 0.717) is 6.54 Å². The van der Waals surface area contributed by atoms with Crippen LogP contribution < -0.4 is 10.6 Å². The number of non-ortho nitro benzene ring substituents is 1. The van der Waals surface area contributed by atoms with E-state index in [9.17, 15) is 19.7 Å². The zero-order valence-corrected chi connectivity index (χ0v) is 10.5. The Labute approximate surface area is 110 Å². The van der Waals surface area contributed by atoms with Crippen molar-refractivity contribution in [2.24, 2.45) is 0 Å². The summed E-state index contributed by atoms with van der Waals surface area (Å²) in [6.07, 6.45) is 0.810. The molecule has 0 aliphatic heterocycles. The van der Waals surface area contributed by atoms with Gasteiger partial charge in [0.25, 0.3) is 11.6 Å². The standard InChI is InChI=1S/C12H15N3O4/c1-2-6-13-11(16)8-14-12(17)9-4-3-5-10(7-9)15(18)19/h3-5,7H,2,6,8H2,1H3,(H,13,16)(H,14,17). The maximum Gasteiger partial charge on any atom is 0.270 e. The Bertz CT molecular complexity index is 488.